The first kappa shape index (κ1) is 20.7. The zero-order valence-corrected chi connectivity index (χ0v) is 17.4. The Morgan fingerprint density at radius 2 is 1.86 bits per heavy atom. The van der Waals surface area contributed by atoms with Crippen LogP contribution in [-0.4, -0.2) is 28.0 Å². The van der Waals surface area contributed by atoms with Crippen LogP contribution < -0.4 is 5.32 Å². The van der Waals surface area contributed by atoms with Gasteiger partial charge in [-0.2, -0.15) is 4.98 Å². The van der Waals surface area contributed by atoms with Gasteiger partial charge in [-0.3, -0.25) is 9.69 Å². The van der Waals surface area contributed by atoms with Gasteiger partial charge in [0.05, 0.1) is 6.54 Å². The second-order valence-electron chi connectivity index (χ2n) is 7.74. The minimum absolute atomic E-state index is 0.115. The van der Waals surface area contributed by atoms with Crippen molar-refractivity contribution in [3.8, 4) is 0 Å². The molecule has 3 rings (SSSR count). The molecule has 0 spiro atoms. The number of amides is 1. The van der Waals surface area contributed by atoms with Crippen LogP contribution in [0, 0.1) is 5.92 Å². The summed E-state index contributed by atoms with van der Waals surface area (Å²) in [6.45, 7) is 6.94. The molecule has 0 radical (unpaired) electrons. The molecule has 0 bridgehead atoms. The van der Waals surface area contributed by atoms with Crippen LogP contribution in [0.4, 0.5) is 5.69 Å². The predicted octanol–water partition coefficient (Wildman–Crippen LogP) is 4.71. The van der Waals surface area contributed by atoms with E-state index in [1.54, 1.807) is 12.1 Å². The quantitative estimate of drug-likeness (QED) is 0.601. The van der Waals surface area contributed by atoms with Crippen molar-refractivity contribution in [3.05, 3.63) is 77.4 Å². The minimum Gasteiger partial charge on any atom is -0.338 e. The van der Waals surface area contributed by atoms with Crippen LogP contribution in [0.5, 0.6) is 0 Å². The molecule has 1 heterocycles. The van der Waals surface area contributed by atoms with Crippen molar-refractivity contribution < 1.29 is 9.32 Å². The SMILES string of the molecule is CC(C)Cc1noc(CN(C)C(C)c2cccc(NC(=O)c3ccccc3)c2)n1. The Hall–Kier alpha value is -2.99. The van der Waals surface area contributed by atoms with Crippen molar-refractivity contribution in [1.29, 1.82) is 0 Å². The van der Waals surface area contributed by atoms with Crippen LogP contribution in [-0.2, 0) is 13.0 Å². The topological polar surface area (TPSA) is 71.3 Å². The first-order valence-electron chi connectivity index (χ1n) is 9.90. The van der Waals surface area contributed by atoms with Crippen LogP contribution in [0.1, 0.15) is 54.4 Å². The minimum atomic E-state index is -0.118. The van der Waals surface area contributed by atoms with Crippen molar-refractivity contribution in [2.45, 2.75) is 39.8 Å². The fourth-order valence-electron chi connectivity index (χ4n) is 3.08. The van der Waals surface area contributed by atoms with Crippen LogP contribution in [0.3, 0.4) is 0 Å². The van der Waals surface area contributed by atoms with Gasteiger partial charge in [-0.05, 0) is 49.7 Å². The van der Waals surface area contributed by atoms with E-state index in [0.717, 1.165) is 23.5 Å². The van der Waals surface area contributed by atoms with Crippen LogP contribution >= 0.6 is 0 Å². The Morgan fingerprint density at radius 3 is 2.59 bits per heavy atom. The Kier molecular flexibility index (Phi) is 6.77. The standard InChI is InChI=1S/C23H28N4O2/c1-16(2)13-21-25-22(29-26-21)15-27(4)17(3)19-11-8-12-20(14-19)24-23(28)18-9-6-5-7-10-18/h5-12,14,16-17H,13,15H2,1-4H3,(H,24,28). The molecule has 6 nitrogen and oxygen atoms in total. The van der Waals surface area contributed by atoms with Gasteiger partial charge >= 0.3 is 0 Å². The third-order valence-corrected chi connectivity index (χ3v) is 4.81. The summed E-state index contributed by atoms with van der Waals surface area (Å²) in [7, 11) is 2.02. The summed E-state index contributed by atoms with van der Waals surface area (Å²) in [6, 6.07) is 17.2. The molecule has 0 fully saturated rings. The van der Waals surface area contributed by atoms with Gasteiger partial charge in [0.2, 0.25) is 5.89 Å². The number of hydrogen-bond donors (Lipinski definition) is 1. The Balaban J connectivity index is 1.64. The number of carbonyl (C=O) groups excluding carboxylic acids is 1. The highest BCUT2D eigenvalue weighted by Crippen LogP contribution is 2.23. The molecule has 29 heavy (non-hydrogen) atoms. The molecule has 1 unspecified atom stereocenters. The van der Waals surface area contributed by atoms with Gasteiger partial charge in [0.1, 0.15) is 0 Å². The number of anilines is 1. The first-order chi connectivity index (χ1) is 13.9. The van der Waals surface area contributed by atoms with Gasteiger partial charge in [-0.15, -0.1) is 0 Å². The number of nitrogens with zero attached hydrogens (tertiary/aromatic N) is 3. The normalized spacial score (nSPS) is 12.3. The van der Waals surface area contributed by atoms with Crippen molar-refractivity contribution in [2.75, 3.05) is 12.4 Å². The molecule has 1 aromatic heterocycles. The van der Waals surface area contributed by atoms with E-state index in [9.17, 15) is 4.79 Å². The van der Waals surface area contributed by atoms with Crippen molar-refractivity contribution >= 4 is 11.6 Å². The molecule has 1 N–H and O–H groups in total. The number of nitrogens with one attached hydrogen (secondary N) is 1. The Bertz CT molecular complexity index is 937. The fourth-order valence-corrected chi connectivity index (χ4v) is 3.08. The van der Waals surface area contributed by atoms with Gasteiger partial charge in [0, 0.05) is 23.7 Å². The summed E-state index contributed by atoms with van der Waals surface area (Å²) in [5, 5.41) is 7.02. The average molecular weight is 393 g/mol. The lowest BCUT2D eigenvalue weighted by atomic mass is 10.1. The number of rotatable bonds is 8. The largest absolute Gasteiger partial charge is 0.338 e. The molecule has 0 aliphatic heterocycles. The van der Waals surface area contributed by atoms with E-state index in [4.69, 9.17) is 4.52 Å². The number of benzene rings is 2. The third kappa shape index (κ3) is 5.74. The van der Waals surface area contributed by atoms with E-state index in [1.165, 1.54) is 0 Å². The molecular weight excluding hydrogens is 364 g/mol. The summed E-state index contributed by atoms with van der Waals surface area (Å²) in [5.41, 5.74) is 2.51. The van der Waals surface area contributed by atoms with Crippen molar-refractivity contribution in [2.24, 2.45) is 5.92 Å². The van der Waals surface area contributed by atoms with Gasteiger partial charge < -0.3 is 9.84 Å². The number of hydrogen-bond acceptors (Lipinski definition) is 5. The lowest BCUT2D eigenvalue weighted by Crippen LogP contribution is -2.22. The summed E-state index contributed by atoms with van der Waals surface area (Å²) in [5.74, 6) is 1.74. The van der Waals surface area contributed by atoms with E-state index in [-0.39, 0.29) is 11.9 Å². The van der Waals surface area contributed by atoms with Gasteiger partial charge in [-0.1, -0.05) is 49.3 Å². The average Bonchev–Trinajstić information content (AvgIpc) is 3.14. The zero-order chi connectivity index (χ0) is 20.8. The maximum absolute atomic E-state index is 12.4. The number of carbonyl (C=O) groups is 1. The lowest BCUT2D eigenvalue weighted by Gasteiger charge is -2.24. The molecule has 0 aliphatic carbocycles. The van der Waals surface area contributed by atoms with E-state index in [0.29, 0.717) is 23.9 Å². The smallest absolute Gasteiger partial charge is 0.255 e. The van der Waals surface area contributed by atoms with E-state index < -0.39 is 0 Å². The summed E-state index contributed by atoms with van der Waals surface area (Å²) >= 11 is 0. The van der Waals surface area contributed by atoms with E-state index in [1.807, 2.05) is 43.4 Å². The van der Waals surface area contributed by atoms with Crippen molar-refractivity contribution in [3.63, 3.8) is 0 Å². The molecule has 0 saturated heterocycles. The highest BCUT2D eigenvalue weighted by molar-refractivity contribution is 6.04. The highest BCUT2D eigenvalue weighted by Gasteiger charge is 2.17. The monoisotopic (exact) mass is 392 g/mol. The summed E-state index contributed by atoms with van der Waals surface area (Å²) < 4.78 is 5.39. The molecule has 2 aromatic carbocycles. The molecule has 1 amide bonds. The molecule has 6 heteroatoms. The third-order valence-electron chi connectivity index (χ3n) is 4.81. The first-order valence-corrected chi connectivity index (χ1v) is 9.90. The summed E-state index contributed by atoms with van der Waals surface area (Å²) in [4.78, 5) is 19.0. The molecule has 3 aromatic rings. The zero-order valence-electron chi connectivity index (χ0n) is 17.4. The van der Waals surface area contributed by atoms with E-state index in [2.05, 4.69) is 47.2 Å². The van der Waals surface area contributed by atoms with Gasteiger partial charge in [-0.25, -0.2) is 0 Å². The van der Waals surface area contributed by atoms with Gasteiger partial charge in [0.25, 0.3) is 5.91 Å². The highest BCUT2D eigenvalue weighted by atomic mass is 16.5. The predicted molar refractivity (Wildman–Crippen MR) is 114 cm³/mol. The molecule has 152 valence electrons. The van der Waals surface area contributed by atoms with Crippen LogP contribution in [0.2, 0.25) is 0 Å². The fraction of sp³-hybridized carbons (Fsp3) is 0.348. The van der Waals surface area contributed by atoms with Crippen molar-refractivity contribution in [1.82, 2.24) is 15.0 Å². The maximum Gasteiger partial charge on any atom is 0.255 e. The number of aromatic nitrogens is 2. The Labute approximate surface area is 171 Å². The molecule has 0 saturated carbocycles. The van der Waals surface area contributed by atoms with Crippen LogP contribution in [0.25, 0.3) is 0 Å². The molecule has 0 aliphatic rings. The Morgan fingerprint density at radius 1 is 1.10 bits per heavy atom. The second kappa shape index (κ2) is 9.47. The maximum atomic E-state index is 12.4. The lowest BCUT2D eigenvalue weighted by molar-refractivity contribution is 0.102. The van der Waals surface area contributed by atoms with Crippen LogP contribution in [0.15, 0.2) is 59.1 Å². The molecular formula is C23H28N4O2. The molecule has 1 atom stereocenters. The van der Waals surface area contributed by atoms with Gasteiger partial charge in [0.15, 0.2) is 5.82 Å². The second-order valence-corrected chi connectivity index (χ2v) is 7.74. The summed E-state index contributed by atoms with van der Waals surface area (Å²) in [6.07, 6.45) is 0.811. The van der Waals surface area contributed by atoms with E-state index >= 15 is 0 Å².